The highest BCUT2D eigenvalue weighted by Crippen LogP contribution is 2.25. The summed E-state index contributed by atoms with van der Waals surface area (Å²) in [6, 6.07) is 19.4. The molecule has 2 heterocycles. The number of halogens is 1. The number of hydrogen-bond donors (Lipinski definition) is 1. The minimum absolute atomic E-state index is 0.216. The molecule has 0 radical (unpaired) electrons. The van der Waals surface area contributed by atoms with Crippen LogP contribution in [0.4, 0.5) is 16.2 Å². The summed E-state index contributed by atoms with van der Waals surface area (Å²) >= 11 is 0. The van der Waals surface area contributed by atoms with E-state index in [0.29, 0.717) is 18.1 Å². The zero-order chi connectivity index (χ0) is 19.2. The molecule has 0 aliphatic carbocycles. The van der Waals surface area contributed by atoms with Crippen LogP contribution in [-0.2, 0) is 13.0 Å². The van der Waals surface area contributed by atoms with Gasteiger partial charge in [-0.15, -0.1) is 0 Å². The molecule has 1 saturated heterocycles. The van der Waals surface area contributed by atoms with Gasteiger partial charge >= 0.3 is 0 Å². The second kappa shape index (κ2) is 8.83. The first kappa shape index (κ1) is 18.4. The highest BCUT2D eigenvalue weighted by molar-refractivity contribution is 5.43. The normalized spacial score (nSPS) is 14.8. The van der Waals surface area contributed by atoms with Gasteiger partial charge in [0.05, 0.1) is 0 Å². The molecule has 0 saturated carbocycles. The Labute approximate surface area is 165 Å². The zero-order valence-corrected chi connectivity index (χ0v) is 15.9. The van der Waals surface area contributed by atoms with Gasteiger partial charge in [0, 0.05) is 31.4 Å². The van der Waals surface area contributed by atoms with Crippen molar-refractivity contribution in [3.05, 3.63) is 83.8 Å². The second-order valence-corrected chi connectivity index (χ2v) is 7.30. The van der Waals surface area contributed by atoms with Crippen LogP contribution in [0.2, 0.25) is 0 Å². The lowest BCUT2D eigenvalue weighted by Gasteiger charge is -2.33. The highest BCUT2D eigenvalue weighted by atomic mass is 19.1. The third-order valence-electron chi connectivity index (χ3n) is 5.34. The predicted molar refractivity (Wildman–Crippen MR) is 111 cm³/mol. The lowest BCUT2D eigenvalue weighted by molar-refractivity contribution is 0.402. The summed E-state index contributed by atoms with van der Waals surface area (Å²) in [6.45, 7) is 2.37. The Kier molecular flexibility index (Phi) is 5.80. The molecule has 5 heteroatoms. The van der Waals surface area contributed by atoms with E-state index >= 15 is 0 Å². The fraction of sp³-hybridized carbons (Fsp3) is 0.304. The third kappa shape index (κ3) is 4.66. The number of nitrogens with zero attached hydrogens (tertiary/aromatic N) is 3. The van der Waals surface area contributed by atoms with Gasteiger partial charge in [-0.05, 0) is 42.9 Å². The molecule has 4 rings (SSSR count). The minimum Gasteiger partial charge on any atom is -0.356 e. The minimum atomic E-state index is -0.216. The van der Waals surface area contributed by atoms with Crippen LogP contribution in [0, 0.1) is 11.7 Å². The Balaban J connectivity index is 1.33. The summed E-state index contributed by atoms with van der Waals surface area (Å²) in [5.41, 5.74) is 2.03. The average Bonchev–Trinajstić information content (AvgIpc) is 2.75. The molecule has 0 unspecified atom stereocenters. The van der Waals surface area contributed by atoms with E-state index in [0.717, 1.165) is 44.1 Å². The van der Waals surface area contributed by atoms with Crippen LogP contribution in [0.1, 0.15) is 24.0 Å². The summed E-state index contributed by atoms with van der Waals surface area (Å²) in [4.78, 5) is 11.2. The molecule has 28 heavy (non-hydrogen) atoms. The predicted octanol–water partition coefficient (Wildman–Crippen LogP) is 4.69. The van der Waals surface area contributed by atoms with Gasteiger partial charge in [-0.1, -0.05) is 48.5 Å². The van der Waals surface area contributed by atoms with Crippen LogP contribution in [0.25, 0.3) is 0 Å². The quantitative estimate of drug-likeness (QED) is 0.678. The molecule has 2 aromatic carbocycles. The van der Waals surface area contributed by atoms with Crippen molar-refractivity contribution >= 4 is 11.8 Å². The van der Waals surface area contributed by atoms with E-state index in [-0.39, 0.29) is 5.82 Å². The standard InChI is InChI=1S/C23H25FN4/c24-21-9-5-4-8-20(21)17-26-23-25-13-10-22(27-23)28-14-11-19(12-15-28)16-18-6-2-1-3-7-18/h1-10,13,19H,11-12,14-17H2,(H,25,26,27). The number of anilines is 2. The van der Waals surface area contributed by atoms with Crippen LogP contribution in [0.15, 0.2) is 66.9 Å². The van der Waals surface area contributed by atoms with Gasteiger partial charge in [0.25, 0.3) is 0 Å². The maximum atomic E-state index is 13.8. The van der Waals surface area contributed by atoms with Crippen LogP contribution in [0.5, 0.6) is 0 Å². The first-order valence-corrected chi connectivity index (χ1v) is 9.87. The third-order valence-corrected chi connectivity index (χ3v) is 5.34. The Morgan fingerprint density at radius 2 is 1.71 bits per heavy atom. The zero-order valence-electron chi connectivity index (χ0n) is 15.9. The van der Waals surface area contributed by atoms with Crippen molar-refractivity contribution < 1.29 is 4.39 Å². The summed E-state index contributed by atoms with van der Waals surface area (Å²) < 4.78 is 13.8. The van der Waals surface area contributed by atoms with E-state index in [1.54, 1.807) is 18.3 Å². The summed E-state index contributed by atoms with van der Waals surface area (Å²) in [5.74, 6) is 1.97. The topological polar surface area (TPSA) is 41.1 Å². The lowest BCUT2D eigenvalue weighted by Crippen LogP contribution is -2.35. The average molecular weight is 376 g/mol. The number of piperidine rings is 1. The van der Waals surface area contributed by atoms with Crippen molar-refractivity contribution in [3.63, 3.8) is 0 Å². The van der Waals surface area contributed by atoms with Crippen molar-refractivity contribution in [3.8, 4) is 0 Å². The Morgan fingerprint density at radius 1 is 0.964 bits per heavy atom. The van der Waals surface area contributed by atoms with Crippen LogP contribution >= 0.6 is 0 Å². The molecule has 0 amide bonds. The fourth-order valence-electron chi connectivity index (χ4n) is 3.74. The summed E-state index contributed by atoms with van der Waals surface area (Å²) in [7, 11) is 0. The number of nitrogens with one attached hydrogen (secondary N) is 1. The second-order valence-electron chi connectivity index (χ2n) is 7.30. The molecule has 1 aromatic heterocycles. The number of aromatic nitrogens is 2. The van der Waals surface area contributed by atoms with Gasteiger partial charge in [-0.25, -0.2) is 9.37 Å². The highest BCUT2D eigenvalue weighted by Gasteiger charge is 2.20. The van der Waals surface area contributed by atoms with E-state index < -0.39 is 0 Å². The largest absolute Gasteiger partial charge is 0.356 e. The fourth-order valence-corrected chi connectivity index (χ4v) is 3.74. The van der Waals surface area contributed by atoms with E-state index in [1.165, 1.54) is 11.6 Å². The Morgan fingerprint density at radius 3 is 2.50 bits per heavy atom. The summed E-state index contributed by atoms with van der Waals surface area (Å²) in [6.07, 6.45) is 5.24. The van der Waals surface area contributed by atoms with E-state index in [2.05, 4.69) is 50.5 Å². The van der Waals surface area contributed by atoms with Gasteiger partial charge in [0.15, 0.2) is 0 Å². The molecule has 0 atom stereocenters. The first-order valence-electron chi connectivity index (χ1n) is 9.87. The number of rotatable bonds is 6. The van der Waals surface area contributed by atoms with Crippen LogP contribution in [0.3, 0.4) is 0 Å². The molecule has 4 nitrogen and oxygen atoms in total. The molecular weight excluding hydrogens is 351 g/mol. The van der Waals surface area contributed by atoms with E-state index in [1.807, 2.05) is 12.1 Å². The van der Waals surface area contributed by atoms with Gasteiger partial charge in [-0.3, -0.25) is 0 Å². The monoisotopic (exact) mass is 376 g/mol. The Hall–Kier alpha value is -2.95. The molecule has 3 aromatic rings. The molecule has 0 spiro atoms. The van der Waals surface area contributed by atoms with Crippen molar-refractivity contribution in [2.24, 2.45) is 5.92 Å². The Bertz CT molecular complexity index is 892. The van der Waals surface area contributed by atoms with Crippen molar-refractivity contribution in [2.75, 3.05) is 23.3 Å². The molecule has 144 valence electrons. The van der Waals surface area contributed by atoms with Gasteiger partial charge in [0.2, 0.25) is 5.95 Å². The SMILES string of the molecule is Fc1ccccc1CNc1nccc(N2CCC(Cc3ccccc3)CC2)n1. The molecule has 1 aliphatic heterocycles. The lowest BCUT2D eigenvalue weighted by atomic mass is 9.90. The van der Waals surface area contributed by atoms with Crippen molar-refractivity contribution in [1.29, 1.82) is 0 Å². The van der Waals surface area contributed by atoms with E-state index in [9.17, 15) is 4.39 Å². The summed E-state index contributed by atoms with van der Waals surface area (Å²) in [5, 5.41) is 3.13. The van der Waals surface area contributed by atoms with Gasteiger partial charge in [-0.2, -0.15) is 4.98 Å². The molecule has 0 bridgehead atoms. The van der Waals surface area contributed by atoms with E-state index in [4.69, 9.17) is 0 Å². The maximum Gasteiger partial charge on any atom is 0.224 e. The van der Waals surface area contributed by atoms with Crippen LogP contribution < -0.4 is 10.2 Å². The molecule has 1 aliphatic rings. The van der Waals surface area contributed by atoms with Gasteiger partial charge < -0.3 is 10.2 Å². The maximum absolute atomic E-state index is 13.8. The number of hydrogen-bond acceptors (Lipinski definition) is 4. The smallest absolute Gasteiger partial charge is 0.224 e. The number of benzene rings is 2. The molecular formula is C23H25FN4. The van der Waals surface area contributed by atoms with Gasteiger partial charge in [0.1, 0.15) is 11.6 Å². The van der Waals surface area contributed by atoms with Crippen molar-refractivity contribution in [2.45, 2.75) is 25.8 Å². The molecule has 1 N–H and O–H groups in total. The molecule has 1 fully saturated rings. The van der Waals surface area contributed by atoms with Crippen molar-refractivity contribution in [1.82, 2.24) is 9.97 Å². The first-order chi connectivity index (χ1) is 13.8. The van der Waals surface area contributed by atoms with Crippen LogP contribution in [-0.4, -0.2) is 23.1 Å².